The summed E-state index contributed by atoms with van der Waals surface area (Å²) in [5.74, 6) is -0.433. The van der Waals surface area contributed by atoms with E-state index in [1.165, 1.54) is 12.1 Å². The fraction of sp³-hybridized carbons (Fsp3) is 0.217. The molecule has 29 heavy (non-hydrogen) atoms. The van der Waals surface area contributed by atoms with Gasteiger partial charge < -0.3 is 15.1 Å². The Hall–Kier alpha value is -3.41. The molecule has 1 aromatic heterocycles. The van der Waals surface area contributed by atoms with Crippen LogP contribution in [-0.2, 0) is 0 Å². The maximum Gasteiger partial charge on any atom is 0.274 e. The molecule has 1 amide bonds. The number of carbonyl (C=O) groups excluding carboxylic acids is 1. The SMILES string of the molecule is Cc1ccccc1NC(=O)c1ccc(N2CCN(c3ccc(F)cc3)CC2)cn1. The Morgan fingerprint density at radius 2 is 1.52 bits per heavy atom. The monoisotopic (exact) mass is 390 g/mol. The number of hydrogen-bond donors (Lipinski definition) is 1. The zero-order valence-corrected chi connectivity index (χ0v) is 16.3. The number of aryl methyl sites for hydroxylation is 1. The van der Waals surface area contributed by atoms with Crippen LogP contribution < -0.4 is 15.1 Å². The van der Waals surface area contributed by atoms with Crippen molar-refractivity contribution in [1.29, 1.82) is 0 Å². The van der Waals surface area contributed by atoms with Gasteiger partial charge in [0.25, 0.3) is 5.91 Å². The van der Waals surface area contributed by atoms with E-state index in [0.29, 0.717) is 5.69 Å². The van der Waals surface area contributed by atoms with Gasteiger partial charge in [0, 0.05) is 37.6 Å². The minimum Gasteiger partial charge on any atom is -0.368 e. The van der Waals surface area contributed by atoms with E-state index in [1.54, 1.807) is 12.3 Å². The second kappa shape index (κ2) is 8.31. The fourth-order valence-electron chi connectivity index (χ4n) is 3.48. The van der Waals surface area contributed by atoms with Crippen molar-refractivity contribution in [3.8, 4) is 0 Å². The Morgan fingerprint density at radius 3 is 2.14 bits per heavy atom. The highest BCUT2D eigenvalue weighted by molar-refractivity contribution is 6.03. The van der Waals surface area contributed by atoms with Crippen molar-refractivity contribution >= 4 is 23.0 Å². The first kappa shape index (κ1) is 18.9. The number of carbonyl (C=O) groups is 1. The first-order chi connectivity index (χ1) is 14.1. The molecule has 0 radical (unpaired) electrons. The molecule has 0 aliphatic carbocycles. The van der Waals surface area contributed by atoms with Gasteiger partial charge in [-0.15, -0.1) is 0 Å². The van der Waals surface area contributed by atoms with Crippen LogP contribution in [0.4, 0.5) is 21.5 Å². The lowest BCUT2D eigenvalue weighted by Crippen LogP contribution is -2.46. The molecule has 3 aromatic rings. The minimum absolute atomic E-state index is 0.216. The molecule has 6 heteroatoms. The van der Waals surface area contributed by atoms with E-state index < -0.39 is 0 Å². The average Bonchev–Trinajstić information content (AvgIpc) is 2.76. The molecule has 1 N–H and O–H groups in total. The van der Waals surface area contributed by atoms with Gasteiger partial charge in [-0.2, -0.15) is 0 Å². The van der Waals surface area contributed by atoms with Crippen molar-refractivity contribution in [2.45, 2.75) is 6.92 Å². The summed E-state index contributed by atoms with van der Waals surface area (Å²) in [5, 5.41) is 2.91. The highest BCUT2D eigenvalue weighted by Crippen LogP contribution is 2.21. The van der Waals surface area contributed by atoms with Gasteiger partial charge in [0.1, 0.15) is 11.5 Å². The summed E-state index contributed by atoms with van der Waals surface area (Å²) in [4.78, 5) is 21.3. The van der Waals surface area contributed by atoms with Crippen LogP contribution in [0.1, 0.15) is 16.1 Å². The van der Waals surface area contributed by atoms with Gasteiger partial charge in [0.15, 0.2) is 0 Å². The van der Waals surface area contributed by atoms with Gasteiger partial charge in [0.05, 0.1) is 11.9 Å². The predicted octanol–water partition coefficient (Wildman–Crippen LogP) is 4.11. The van der Waals surface area contributed by atoms with Crippen LogP contribution in [0.2, 0.25) is 0 Å². The highest BCUT2D eigenvalue weighted by Gasteiger charge is 2.18. The normalized spacial score (nSPS) is 14.0. The molecule has 0 atom stereocenters. The van der Waals surface area contributed by atoms with Crippen molar-refractivity contribution in [3.05, 3.63) is 83.9 Å². The van der Waals surface area contributed by atoms with E-state index in [-0.39, 0.29) is 11.7 Å². The van der Waals surface area contributed by atoms with E-state index in [1.807, 2.05) is 49.4 Å². The average molecular weight is 390 g/mol. The Kier molecular flexibility index (Phi) is 5.42. The van der Waals surface area contributed by atoms with Crippen molar-refractivity contribution < 1.29 is 9.18 Å². The number of rotatable bonds is 4. The van der Waals surface area contributed by atoms with Gasteiger partial charge in [-0.25, -0.2) is 9.37 Å². The second-order valence-corrected chi connectivity index (χ2v) is 7.12. The van der Waals surface area contributed by atoms with Crippen LogP contribution in [0.15, 0.2) is 66.9 Å². The van der Waals surface area contributed by atoms with Crippen LogP contribution in [-0.4, -0.2) is 37.1 Å². The smallest absolute Gasteiger partial charge is 0.274 e. The number of nitrogens with zero attached hydrogens (tertiary/aromatic N) is 3. The molecular weight excluding hydrogens is 367 g/mol. The lowest BCUT2D eigenvalue weighted by molar-refractivity contribution is 0.102. The summed E-state index contributed by atoms with van der Waals surface area (Å²) >= 11 is 0. The predicted molar refractivity (Wildman–Crippen MR) is 114 cm³/mol. The fourth-order valence-corrected chi connectivity index (χ4v) is 3.48. The zero-order chi connectivity index (χ0) is 20.2. The van der Waals surface area contributed by atoms with Crippen LogP contribution in [0.25, 0.3) is 0 Å². The third-order valence-corrected chi connectivity index (χ3v) is 5.21. The van der Waals surface area contributed by atoms with Gasteiger partial charge in [-0.05, 0) is 55.0 Å². The van der Waals surface area contributed by atoms with Crippen molar-refractivity contribution in [2.75, 3.05) is 41.3 Å². The van der Waals surface area contributed by atoms with Crippen LogP contribution in [0, 0.1) is 12.7 Å². The number of anilines is 3. The number of hydrogen-bond acceptors (Lipinski definition) is 4. The third-order valence-electron chi connectivity index (χ3n) is 5.21. The molecule has 148 valence electrons. The van der Waals surface area contributed by atoms with Crippen molar-refractivity contribution in [2.24, 2.45) is 0 Å². The molecule has 2 heterocycles. The Bertz CT molecular complexity index is 981. The number of para-hydroxylation sites is 1. The molecule has 1 aliphatic rings. The van der Waals surface area contributed by atoms with Gasteiger partial charge >= 0.3 is 0 Å². The Morgan fingerprint density at radius 1 is 0.897 bits per heavy atom. The molecule has 2 aromatic carbocycles. The number of amides is 1. The van der Waals surface area contributed by atoms with Gasteiger partial charge in [-0.1, -0.05) is 18.2 Å². The topological polar surface area (TPSA) is 48.5 Å². The summed E-state index contributed by atoms with van der Waals surface area (Å²) in [5.41, 5.74) is 4.22. The number of halogens is 1. The molecule has 0 saturated carbocycles. The minimum atomic E-state index is -0.218. The molecule has 0 spiro atoms. The van der Waals surface area contributed by atoms with E-state index in [9.17, 15) is 9.18 Å². The maximum atomic E-state index is 13.1. The zero-order valence-electron chi connectivity index (χ0n) is 16.3. The van der Waals surface area contributed by atoms with Crippen LogP contribution in [0.3, 0.4) is 0 Å². The lowest BCUT2D eigenvalue weighted by Gasteiger charge is -2.37. The molecule has 1 fully saturated rings. The number of benzene rings is 2. The summed E-state index contributed by atoms with van der Waals surface area (Å²) in [6.45, 7) is 5.33. The van der Waals surface area contributed by atoms with E-state index in [4.69, 9.17) is 0 Å². The third kappa shape index (κ3) is 4.37. The van der Waals surface area contributed by atoms with Crippen LogP contribution in [0.5, 0.6) is 0 Å². The quantitative estimate of drug-likeness (QED) is 0.728. The molecule has 1 aliphatic heterocycles. The summed E-state index contributed by atoms with van der Waals surface area (Å²) < 4.78 is 13.1. The van der Waals surface area contributed by atoms with Crippen molar-refractivity contribution in [3.63, 3.8) is 0 Å². The standard InChI is InChI=1S/C23H23FN4O/c1-17-4-2-3-5-21(17)26-23(29)22-11-10-20(16-25-22)28-14-12-27(13-15-28)19-8-6-18(24)7-9-19/h2-11,16H,12-15H2,1H3,(H,26,29). The first-order valence-corrected chi connectivity index (χ1v) is 9.69. The van der Waals surface area contributed by atoms with Gasteiger partial charge in [-0.3, -0.25) is 4.79 Å². The summed E-state index contributed by atoms with van der Waals surface area (Å²) in [6.07, 6.45) is 1.75. The first-order valence-electron chi connectivity index (χ1n) is 9.69. The van der Waals surface area contributed by atoms with E-state index >= 15 is 0 Å². The molecule has 5 nitrogen and oxygen atoms in total. The number of nitrogens with one attached hydrogen (secondary N) is 1. The maximum absolute atomic E-state index is 13.1. The largest absolute Gasteiger partial charge is 0.368 e. The molecule has 4 rings (SSSR count). The highest BCUT2D eigenvalue weighted by atomic mass is 19.1. The Balaban J connectivity index is 1.36. The summed E-state index contributed by atoms with van der Waals surface area (Å²) in [7, 11) is 0. The molecular formula is C23H23FN4O. The van der Waals surface area contributed by atoms with Crippen molar-refractivity contribution in [1.82, 2.24) is 4.98 Å². The van der Waals surface area contributed by atoms with E-state index in [2.05, 4.69) is 20.1 Å². The molecule has 0 bridgehead atoms. The molecule has 1 saturated heterocycles. The van der Waals surface area contributed by atoms with Crippen LogP contribution >= 0.6 is 0 Å². The lowest BCUT2D eigenvalue weighted by atomic mass is 10.2. The number of aromatic nitrogens is 1. The summed E-state index contributed by atoms with van der Waals surface area (Å²) in [6, 6.07) is 18.0. The molecule has 0 unspecified atom stereocenters. The second-order valence-electron chi connectivity index (χ2n) is 7.12. The Labute approximate surface area is 169 Å². The van der Waals surface area contributed by atoms with Gasteiger partial charge in [0.2, 0.25) is 0 Å². The number of pyridine rings is 1. The number of piperazine rings is 1. The van der Waals surface area contributed by atoms with E-state index in [0.717, 1.165) is 48.8 Å².